The van der Waals surface area contributed by atoms with E-state index in [9.17, 15) is 4.79 Å². The number of anilines is 1. The van der Waals surface area contributed by atoms with E-state index in [-0.39, 0.29) is 11.9 Å². The lowest BCUT2D eigenvalue weighted by Crippen LogP contribution is -2.38. The van der Waals surface area contributed by atoms with E-state index in [1.165, 1.54) is 6.08 Å². The van der Waals surface area contributed by atoms with Crippen molar-refractivity contribution in [2.75, 3.05) is 18.8 Å². The number of likely N-dealkylation sites (tertiary alicyclic amines) is 1. The maximum Gasteiger partial charge on any atom is 0.245 e. The highest BCUT2D eigenvalue weighted by Gasteiger charge is 2.24. The molecule has 2 N–H and O–H groups in total. The van der Waals surface area contributed by atoms with Gasteiger partial charge >= 0.3 is 0 Å². The molecule has 0 radical (unpaired) electrons. The van der Waals surface area contributed by atoms with Crippen LogP contribution in [0.25, 0.3) is 11.3 Å². The number of benzene rings is 2. The van der Waals surface area contributed by atoms with Gasteiger partial charge in [0.2, 0.25) is 5.91 Å². The van der Waals surface area contributed by atoms with E-state index in [4.69, 9.17) is 15.6 Å². The molecule has 0 atom stereocenters. The van der Waals surface area contributed by atoms with Gasteiger partial charge in [0, 0.05) is 24.7 Å². The topological polar surface area (TPSA) is 73.4 Å². The Kier molecular flexibility index (Phi) is 5.33. The maximum atomic E-state index is 11.8. The second kappa shape index (κ2) is 8.22. The summed E-state index contributed by atoms with van der Waals surface area (Å²) in [7, 11) is 0. The SMILES string of the molecule is C=CC(=O)N1CCC(n2nc(-c3ccc(Oc4ccccc4)cc3)cc2N)CC1. The fourth-order valence-corrected chi connectivity index (χ4v) is 3.62. The Balaban J connectivity index is 1.45. The molecule has 6 heteroatoms. The number of ether oxygens (including phenoxy) is 1. The molecule has 1 saturated heterocycles. The highest BCUT2D eigenvalue weighted by atomic mass is 16.5. The van der Waals surface area contributed by atoms with Gasteiger partial charge < -0.3 is 15.4 Å². The molecule has 1 aliphatic rings. The maximum absolute atomic E-state index is 11.8. The minimum Gasteiger partial charge on any atom is -0.457 e. The van der Waals surface area contributed by atoms with Crippen LogP contribution in [0.3, 0.4) is 0 Å². The summed E-state index contributed by atoms with van der Waals surface area (Å²) in [6.45, 7) is 4.94. The minimum absolute atomic E-state index is 0.0182. The van der Waals surface area contributed by atoms with Crippen molar-refractivity contribution in [1.82, 2.24) is 14.7 Å². The van der Waals surface area contributed by atoms with Crippen LogP contribution >= 0.6 is 0 Å². The van der Waals surface area contributed by atoms with Crippen molar-refractivity contribution in [3.05, 3.63) is 73.3 Å². The van der Waals surface area contributed by atoms with Crippen molar-refractivity contribution in [2.24, 2.45) is 0 Å². The zero-order valence-electron chi connectivity index (χ0n) is 16.2. The molecule has 2 aromatic carbocycles. The molecule has 1 aliphatic heterocycles. The Morgan fingerprint density at radius 1 is 1.07 bits per heavy atom. The zero-order valence-corrected chi connectivity index (χ0v) is 16.2. The first-order chi connectivity index (χ1) is 14.1. The van der Waals surface area contributed by atoms with Gasteiger partial charge in [-0.3, -0.25) is 4.79 Å². The lowest BCUT2D eigenvalue weighted by Gasteiger charge is -2.31. The monoisotopic (exact) mass is 388 g/mol. The van der Waals surface area contributed by atoms with Crippen molar-refractivity contribution >= 4 is 11.7 Å². The first kappa shape index (κ1) is 18.8. The number of amides is 1. The van der Waals surface area contributed by atoms with Crippen LogP contribution in [0.15, 0.2) is 73.3 Å². The molecule has 0 saturated carbocycles. The number of hydrogen-bond donors (Lipinski definition) is 1. The number of rotatable bonds is 5. The number of para-hydroxylation sites is 1. The van der Waals surface area contributed by atoms with Gasteiger partial charge in [0.1, 0.15) is 17.3 Å². The summed E-state index contributed by atoms with van der Waals surface area (Å²) in [6, 6.07) is 19.6. The third-order valence-corrected chi connectivity index (χ3v) is 5.19. The molecular formula is C23H24N4O2. The lowest BCUT2D eigenvalue weighted by molar-refractivity contribution is -0.127. The number of carbonyl (C=O) groups excluding carboxylic acids is 1. The summed E-state index contributed by atoms with van der Waals surface area (Å²) in [5, 5.41) is 4.73. The number of nitrogen functional groups attached to an aromatic ring is 1. The molecule has 0 unspecified atom stereocenters. The van der Waals surface area contributed by atoms with Gasteiger partial charge in [0.15, 0.2) is 0 Å². The van der Waals surface area contributed by atoms with E-state index in [2.05, 4.69) is 6.58 Å². The lowest BCUT2D eigenvalue weighted by atomic mass is 10.1. The predicted octanol–water partition coefficient (Wildman–Crippen LogP) is 4.27. The van der Waals surface area contributed by atoms with Crippen LogP contribution in [-0.2, 0) is 4.79 Å². The van der Waals surface area contributed by atoms with Gasteiger partial charge in [0.25, 0.3) is 0 Å². The molecule has 6 nitrogen and oxygen atoms in total. The van der Waals surface area contributed by atoms with Crippen LogP contribution < -0.4 is 10.5 Å². The van der Waals surface area contributed by atoms with Gasteiger partial charge in [-0.1, -0.05) is 24.8 Å². The number of aromatic nitrogens is 2. The normalized spacial score (nSPS) is 14.6. The molecule has 1 fully saturated rings. The van der Waals surface area contributed by atoms with Crippen LogP contribution in [0.5, 0.6) is 11.5 Å². The summed E-state index contributed by atoms with van der Waals surface area (Å²) in [5.74, 6) is 2.19. The van der Waals surface area contributed by atoms with Crippen molar-refractivity contribution in [3.8, 4) is 22.8 Å². The average molecular weight is 388 g/mol. The Hall–Kier alpha value is -3.54. The smallest absolute Gasteiger partial charge is 0.245 e. The standard InChI is InChI=1S/C23H24N4O2/c1-2-23(28)26-14-12-18(13-15-26)27-22(24)16-21(25-27)17-8-10-20(11-9-17)29-19-6-4-3-5-7-19/h2-11,16,18H,1,12-15,24H2. The van der Waals surface area contributed by atoms with Crippen LogP contribution in [-0.4, -0.2) is 33.7 Å². The van der Waals surface area contributed by atoms with Gasteiger partial charge in [-0.15, -0.1) is 0 Å². The van der Waals surface area contributed by atoms with Crippen LogP contribution in [0, 0.1) is 0 Å². The fourth-order valence-electron chi connectivity index (χ4n) is 3.62. The van der Waals surface area contributed by atoms with Crippen molar-refractivity contribution in [1.29, 1.82) is 0 Å². The van der Waals surface area contributed by atoms with E-state index in [1.807, 2.05) is 70.2 Å². The highest BCUT2D eigenvalue weighted by Crippen LogP contribution is 2.30. The second-order valence-corrected chi connectivity index (χ2v) is 7.10. The molecular weight excluding hydrogens is 364 g/mol. The van der Waals surface area contributed by atoms with Gasteiger partial charge in [-0.05, 0) is 55.3 Å². The number of piperidine rings is 1. The highest BCUT2D eigenvalue weighted by molar-refractivity contribution is 5.87. The number of carbonyl (C=O) groups is 1. The summed E-state index contributed by atoms with van der Waals surface area (Å²) in [5.41, 5.74) is 8.05. The Morgan fingerprint density at radius 2 is 1.72 bits per heavy atom. The first-order valence-corrected chi connectivity index (χ1v) is 9.74. The van der Waals surface area contributed by atoms with Gasteiger partial charge in [-0.2, -0.15) is 5.10 Å². The largest absolute Gasteiger partial charge is 0.457 e. The van der Waals surface area contributed by atoms with Crippen molar-refractivity contribution < 1.29 is 9.53 Å². The zero-order chi connectivity index (χ0) is 20.2. The summed E-state index contributed by atoms with van der Waals surface area (Å²) < 4.78 is 7.73. The van der Waals surface area contributed by atoms with Gasteiger partial charge in [-0.25, -0.2) is 4.68 Å². The molecule has 1 amide bonds. The number of nitrogens with zero attached hydrogens (tertiary/aromatic N) is 3. The van der Waals surface area contributed by atoms with Crippen molar-refractivity contribution in [2.45, 2.75) is 18.9 Å². The summed E-state index contributed by atoms with van der Waals surface area (Å²) >= 11 is 0. The predicted molar refractivity (Wildman–Crippen MR) is 114 cm³/mol. The summed E-state index contributed by atoms with van der Waals surface area (Å²) in [4.78, 5) is 13.6. The molecule has 148 valence electrons. The van der Waals surface area contributed by atoms with Crippen LogP contribution in [0.1, 0.15) is 18.9 Å². The molecule has 2 heterocycles. The molecule has 29 heavy (non-hydrogen) atoms. The quantitative estimate of drug-likeness (QED) is 0.662. The fraction of sp³-hybridized carbons (Fsp3) is 0.217. The van der Waals surface area contributed by atoms with E-state index < -0.39 is 0 Å². The van der Waals surface area contributed by atoms with Crippen LogP contribution in [0.2, 0.25) is 0 Å². The molecule has 0 spiro atoms. The van der Waals surface area contributed by atoms with Gasteiger partial charge in [0.05, 0.1) is 11.7 Å². The number of hydrogen-bond acceptors (Lipinski definition) is 4. The molecule has 4 rings (SSSR count). The molecule has 0 aliphatic carbocycles. The minimum atomic E-state index is -0.0182. The summed E-state index contributed by atoms with van der Waals surface area (Å²) in [6.07, 6.45) is 3.02. The Bertz CT molecular complexity index is 987. The number of nitrogens with two attached hydrogens (primary N) is 1. The van der Waals surface area contributed by atoms with E-state index in [0.29, 0.717) is 18.9 Å². The third-order valence-electron chi connectivity index (χ3n) is 5.19. The Morgan fingerprint density at radius 3 is 2.38 bits per heavy atom. The first-order valence-electron chi connectivity index (χ1n) is 9.74. The second-order valence-electron chi connectivity index (χ2n) is 7.10. The van der Waals surface area contributed by atoms with E-state index >= 15 is 0 Å². The van der Waals surface area contributed by atoms with E-state index in [1.54, 1.807) is 0 Å². The average Bonchev–Trinajstić information content (AvgIpc) is 3.16. The third kappa shape index (κ3) is 4.16. The van der Waals surface area contributed by atoms with E-state index in [0.717, 1.165) is 35.6 Å². The van der Waals surface area contributed by atoms with Crippen LogP contribution in [0.4, 0.5) is 5.82 Å². The molecule has 3 aromatic rings. The molecule has 0 bridgehead atoms. The van der Waals surface area contributed by atoms with Crippen molar-refractivity contribution in [3.63, 3.8) is 0 Å². The Labute approximate surface area is 170 Å². The molecule has 1 aromatic heterocycles.